The van der Waals surface area contributed by atoms with E-state index in [0.29, 0.717) is 23.9 Å². The summed E-state index contributed by atoms with van der Waals surface area (Å²) in [5.74, 6) is -2.43. The molecular weight excluding hydrogens is 386 g/mol. The molecule has 2 N–H and O–H groups in total. The van der Waals surface area contributed by atoms with Gasteiger partial charge in [-0.1, -0.05) is 36.4 Å². The molecule has 1 aliphatic carbocycles. The smallest absolute Gasteiger partial charge is 0.343 e. The third-order valence-electron chi connectivity index (χ3n) is 5.00. The fourth-order valence-electron chi connectivity index (χ4n) is 3.75. The van der Waals surface area contributed by atoms with E-state index in [1.165, 1.54) is 13.3 Å². The van der Waals surface area contributed by atoms with Gasteiger partial charge in [0.1, 0.15) is 5.52 Å². The number of primary amides is 1. The number of ether oxygens (including phenoxy) is 2. The molecule has 0 spiro atoms. The largest absolute Gasteiger partial charge is 0.466 e. The molecule has 0 saturated carbocycles. The molecule has 152 valence electrons. The van der Waals surface area contributed by atoms with Gasteiger partial charge in [-0.25, -0.2) is 9.78 Å². The number of fused-ring (bicyclic) bond motifs is 3. The monoisotopic (exact) mass is 405 g/mol. The number of carbonyl (C=O) groups is 3. The summed E-state index contributed by atoms with van der Waals surface area (Å²) in [4.78, 5) is 40.3. The van der Waals surface area contributed by atoms with Crippen LogP contribution in [0, 0.1) is 0 Å². The Morgan fingerprint density at radius 2 is 1.97 bits per heavy atom. The molecule has 0 saturated heterocycles. The Kier molecular flexibility index (Phi) is 5.05. The maximum absolute atomic E-state index is 12.8. The molecule has 2 heterocycles. The van der Waals surface area contributed by atoms with E-state index in [2.05, 4.69) is 15.8 Å². The summed E-state index contributed by atoms with van der Waals surface area (Å²) < 4.78 is 11.9. The molecule has 0 atom stereocenters. The number of esters is 1. The van der Waals surface area contributed by atoms with Crippen LogP contribution in [0.1, 0.15) is 33.6 Å². The van der Waals surface area contributed by atoms with Crippen molar-refractivity contribution in [3.05, 3.63) is 71.2 Å². The van der Waals surface area contributed by atoms with Crippen LogP contribution in [0.2, 0.25) is 0 Å². The Bertz CT molecular complexity index is 1190. The van der Waals surface area contributed by atoms with E-state index >= 15 is 0 Å². The Morgan fingerprint density at radius 1 is 1.20 bits per heavy atom. The number of hydrogen-bond acceptors (Lipinski definition) is 6. The number of rotatable bonds is 6. The summed E-state index contributed by atoms with van der Waals surface area (Å²) in [5, 5.41) is 0. The van der Waals surface area contributed by atoms with Crippen LogP contribution in [0.5, 0.6) is 5.88 Å². The highest BCUT2D eigenvalue weighted by molar-refractivity contribution is 6.44. The van der Waals surface area contributed by atoms with Crippen LogP contribution in [-0.2, 0) is 20.7 Å². The van der Waals surface area contributed by atoms with E-state index in [4.69, 9.17) is 10.5 Å². The first-order valence-corrected chi connectivity index (χ1v) is 9.34. The van der Waals surface area contributed by atoms with Gasteiger partial charge in [0.2, 0.25) is 5.88 Å². The predicted octanol–water partition coefficient (Wildman–Crippen LogP) is 1.93. The fourth-order valence-corrected chi connectivity index (χ4v) is 3.75. The number of methoxy groups -OCH3 is 1. The third-order valence-corrected chi connectivity index (χ3v) is 5.00. The van der Waals surface area contributed by atoms with Gasteiger partial charge in [0.15, 0.2) is 6.61 Å². The molecule has 3 aromatic rings. The molecule has 0 aliphatic heterocycles. The number of aromatic nitrogens is 2. The molecule has 4 rings (SSSR count). The summed E-state index contributed by atoms with van der Waals surface area (Å²) in [6.07, 6.45) is 6.55. The molecule has 0 radical (unpaired) electrons. The minimum atomic E-state index is -1.07. The SMILES string of the molecule is COC(=O)COc1nccn2c3c(c(C(=O)C(N)=O)c12)CCC=C3c1ccccc1. The van der Waals surface area contributed by atoms with Crippen molar-refractivity contribution in [3.8, 4) is 5.88 Å². The van der Waals surface area contributed by atoms with Gasteiger partial charge >= 0.3 is 5.97 Å². The highest BCUT2D eigenvalue weighted by Gasteiger charge is 2.31. The van der Waals surface area contributed by atoms with Gasteiger partial charge in [-0.2, -0.15) is 0 Å². The Labute approximate surface area is 171 Å². The van der Waals surface area contributed by atoms with E-state index < -0.39 is 17.7 Å². The number of ketones is 1. The average Bonchev–Trinajstić information content (AvgIpc) is 3.12. The van der Waals surface area contributed by atoms with Crippen molar-refractivity contribution < 1.29 is 23.9 Å². The fraction of sp³-hybridized carbons (Fsp3) is 0.182. The number of carbonyl (C=O) groups excluding carboxylic acids is 3. The lowest BCUT2D eigenvalue weighted by atomic mass is 9.89. The lowest BCUT2D eigenvalue weighted by Crippen LogP contribution is -2.24. The van der Waals surface area contributed by atoms with Gasteiger partial charge in [0.05, 0.1) is 18.4 Å². The minimum absolute atomic E-state index is 0.0503. The van der Waals surface area contributed by atoms with Crippen molar-refractivity contribution in [2.75, 3.05) is 13.7 Å². The lowest BCUT2D eigenvalue weighted by Gasteiger charge is -2.16. The maximum Gasteiger partial charge on any atom is 0.343 e. The molecule has 0 fully saturated rings. The molecule has 0 bridgehead atoms. The van der Waals surface area contributed by atoms with Gasteiger partial charge in [-0.15, -0.1) is 0 Å². The number of Topliss-reactive ketones (excluding diaryl/α,β-unsaturated/α-hetero) is 1. The highest BCUT2D eigenvalue weighted by atomic mass is 16.6. The Balaban J connectivity index is 1.98. The van der Waals surface area contributed by atoms with Crippen LogP contribution in [-0.4, -0.2) is 40.8 Å². The highest BCUT2D eigenvalue weighted by Crippen LogP contribution is 2.39. The molecule has 1 aromatic carbocycles. The molecular formula is C22H19N3O5. The summed E-state index contributed by atoms with van der Waals surface area (Å²) in [6, 6.07) is 9.75. The number of benzene rings is 1. The second kappa shape index (κ2) is 7.82. The quantitative estimate of drug-likeness (QED) is 0.381. The van der Waals surface area contributed by atoms with Crippen LogP contribution >= 0.6 is 0 Å². The standard InChI is InChI=1S/C22H19N3O5/c1-29-16(26)12-30-22-19-17(20(27)21(23)28)15-9-5-8-14(13-6-3-2-4-7-13)18(15)25(19)11-10-24-22/h2-4,6-8,10-11H,5,9,12H2,1H3,(H2,23,28). The van der Waals surface area contributed by atoms with Crippen molar-refractivity contribution in [1.29, 1.82) is 0 Å². The van der Waals surface area contributed by atoms with Crippen LogP contribution < -0.4 is 10.5 Å². The van der Waals surface area contributed by atoms with Gasteiger partial charge in [0.25, 0.3) is 11.7 Å². The van der Waals surface area contributed by atoms with Crippen LogP contribution in [0.25, 0.3) is 11.1 Å². The zero-order chi connectivity index (χ0) is 21.3. The molecule has 1 aliphatic rings. The predicted molar refractivity (Wildman–Crippen MR) is 108 cm³/mol. The van der Waals surface area contributed by atoms with E-state index in [1.807, 2.05) is 30.3 Å². The van der Waals surface area contributed by atoms with Crippen LogP contribution in [0.3, 0.4) is 0 Å². The van der Waals surface area contributed by atoms with Crippen molar-refractivity contribution in [2.45, 2.75) is 12.8 Å². The summed E-state index contributed by atoms with van der Waals surface area (Å²) in [6.45, 7) is -0.384. The first-order chi connectivity index (χ1) is 14.5. The number of nitrogens with zero attached hydrogens (tertiary/aromatic N) is 2. The van der Waals surface area contributed by atoms with E-state index in [9.17, 15) is 14.4 Å². The second-order valence-electron chi connectivity index (χ2n) is 6.73. The molecule has 0 unspecified atom stereocenters. The zero-order valence-corrected chi connectivity index (χ0v) is 16.3. The maximum atomic E-state index is 12.8. The van der Waals surface area contributed by atoms with Crippen molar-refractivity contribution in [3.63, 3.8) is 0 Å². The van der Waals surface area contributed by atoms with E-state index in [1.54, 1.807) is 10.6 Å². The third kappa shape index (κ3) is 3.22. The van der Waals surface area contributed by atoms with Crippen molar-refractivity contribution in [2.24, 2.45) is 5.73 Å². The number of allylic oxidation sites excluding steroid dienone is 1. The minimum Gasteiger partial charge on any atom is -0.466 e. The Hall–Kier alpha value is -3.94. The summed E-state index contributed by atoms with van der Waals surface area (Å²) >= 11 is 0. The molecule has 1 amide bonds. The summed E-state index contributed by atoms with van der Waals surface area (Å²) in [5.41, 5.74) is 9.19. The Morgan fingerprint density at radius 3 is 2.67 bits per heavy atom. The van der Waals surface area contributed by atoms with Gasteiger partial charge in [0, 0.05) is 18.0 Å². The van der Waals surface area contributed by atoms with Crippen LogP contribution in [0.15, 0.2) is 48.8 Å². The number of amides is 1. The lowest BCUT2D eigenvalue weighted by molar-refractivity contribution is -0.143. The average molecular weight is 405 g/mol. The zero-order valence-electron chi connectivity index (χ0n) is 16.3. The number of hydrogen-bond donors (Lipinski definition) is 1. The van der Waals surface area contributed by atoms with E-state index in [0.717, 1.165) is 16.8 Å². The molecule has 30 heavy (non-hydrogen) atoms. The van der Waals surface area contributed by atoms with Crippen LogP contribution in [0.4, 0.5) is 0 Å². The van der Waals surface area contributed by atoms with Gasteiger partial charge in [-0.3, -0.25) is 9.59 Å². The van der Waals surface area contributed by atoms with Crippen molar-refractivity contribution >= 4 is 28.7 Å². The molecule has 8 nitrogen and oxygen atoms in total. The normalized spacial score (nSPS) is 12.8. The first kappa shape index (κ1) is 19.4. The van der Waals surface area contributed by atoms with E-state index in [-0.39, 0.29) is 18.1 Å². The summed E-state index contributed by atoms with van der Waals surface area (Å²) in [7, 11) is 1.24. The molecule has 8 heteroatoms. The van der Waals surface area contributed by atoms with Gasteiger partial charge < -0.3 is 19.6 Å². The molecule has 2 aromatic heterocycles. The number of nitrogens with two attached hydrogens (primary N) is 1. The topological polar surface area (TPSA) is 113 Å². The first-order valence-electron chi connectivity index (χ1n) is 9.34. The second-order valence-corrected chi connectivity index (χ2v) is 6.73. The van der Waals surface area contributed by atoms with Gasteiger partial charge in [-0.05, 0) is 24.0 Å². The van der Waals surface area contributed by atoms with Crippen molar-refractivity contribution in [1.82, 2.24) is 9.38 Å².